The van der Waals surface area contributed by atoms with Gasteiger partial charge in [0.05, 0.1) is 0 Å². The molecule has 3 amide bonds. The van der Waals surface area contributed by atoms with Crippen molar-refractivity contribution in [3.05, 3.63) is 95.1 Å². The summed E-state index contributed by atoms with van der Waals surface area (Å²) in [4.78, 5) is 39.5. The van der Waals surface area contributed by atoms with Gasteiger partial charge in [0.25, 0.3) is 11.8 Å². The van der Waals surface area contributed by atoms with E-state index in [0.29, 0.717) is 41.3 Å². The van der Waals surface area contributed by atoms with Gasteiger partial charge in [-0.25, -0.2) is 0 Å². The molecule has 0 saturated carbocycles. The van der Waals surface area contributed by atoms with Crippen LogP contribution in [0.15, 0.2) is 72.8 Å². The highest BCUT2D eigenvalue weighted by molar-refractivity contribution is 5.95. The van der Waals surface area contributed by atoms with Gasteiger partial charge in [0.2, 0.25) is 5.91 Å². The fraction of sp³-hybridized carbons (Fsp3) is 0.192. The van der Waals surface area contributed by atoms with Gasteiger partial charge in [0.1, 0.15) is 11.5 Å². The van der Waals surface area contributed by atoms with Crippen LogP contribution in [0.4, 0.5) is 0 Å². The van der Waals surface area contributed by atoms with E-state index in [1.54, 1.807) is 79.7 Å². The molecule has 170 valence electrons. The van der Waals surface area contributed by atoms with Crippen LogP contribution < -0.4 is 10.5 Å². The minimum absolute atomic E-state index is 0.0592. The van der Waals surface area contributed by atoms with Gasteiger partial charge in [0, 0.05) is 43.9 Å². The van der Waals surface area contributed by atoms with Crippen LogP contribution in [0.2, 0.25) is 0 Å². The van der Waals surface area contributed by atoms with Crippen molar-refractivity contribution < 1.29 is 19.1 Å². The number of primary amides is 1. The number of carbonyl (C=O) groups excluding carboxylic acids is 3. The van der Waals surface area contributed by atoms with E-state index in [1.807, 2.05) is 19.1 Å². The fourth-order valence-electron chi connectivity index (χ4n) is 3.23. The molecule has 3 aromatic rings. The van der Waals surface area contributed by atoms with Gasteiger partial charge in [0.15, 0.2) is 0 Å². The van der Waals surface area contributed by atoms with Crippen molar-refractivity contribution in [3.63, 3.8) is 0 Å². The van der Waals surface area contributed by atoms with E-state index in [1.165, 1.54) is 4.90 Å². The molecule has 7 nitrogen and oxygen atoms in total. The second-order valence-corrected chi connectivity index (χ2v) is 7.73. The van der Waals surface area contributed by atoms with E-state index in [9.17, 15) is 14.4 Å². The van der Waals surface area contributed by atoms with Gasteiger partial charge in [-0.1, -0.05) is 12.1 Å². The lowest BCUT2D eigenvalue weighted by atomic mass is 10.1. The molecule has 0 atom stereocenters. The van der Waals surface area contributed by atoms with Gasteiger partial charge in [-0.05, 0) is 73.2 Å². The van der Waals surface area contributed by atoms with Gasteiger partial charge in [-0.3, -0.25) is 14.4 Å². The Balaban J connectivity index is 1.65. The normalized spacial score (nSPS) is 10.4. The molecule has 33 heavy (non-hydrogen) atoms. The Labute approximate surface area is 193 Å². The number of carbonyl (C=O) groups is 3. The lowest BCUT2D eigenvalue weighted by Crippen LogP contribution is -2.30. The predicted octanol–water partition coefficient (Wildman–Crippen LogP) is 3.94. The molecule has 3 rings (SSSR count). The molecule has 0 fully saturated rings. The lowest BCUT2D eigenvalue weighted by molar-refractivity contribution is 0.0751. The molecule has 0 aliphatic heterocycles. The molecule has 0 bridgehead atoms. The zero-order valence-electron chi connectivity index (χ0n) is 18.9. The van der Waals surface area contributed by atoms with Gasteiger partial charge < -0.3 is 20.3 Å². The van der Waals surface area contributed by atoms with Gasteiger partial charge >= 0.3 is 0 Å². The van der Waals surface area contributed by atoms with Crippen molar-refractivity contribution in [2.75, 3.05) is 20.6 Å². The van der Waals surface area contributed by atoms with E-state index in [2.05, 4.69) is 0 Å². The summed E-state index contributed by atoms with van der Waals surface area (Å²) in [5.74, 6) is 0.482. The third-order valence-electron chi connectivity index (χ3n) is 5.13. The van der Waals surface area contributed by atoms with Crippen LogP contribution in [0.25, 0.3) is 0 Å². The minimum Gasteiger partial charge on any atom is -0.457 e. The first-order chi connectivity index (χ1) is 15.8. The Kier molecular flexibility index (Phi) is 7.46. The topological polar surface area (TPSA) is 92.9 Å². The van der Waals surface area contributed by atoms with Crippen molar-refractivity contribution in [2.45, 2.75) is 13.5 Å². The Morgan fingerprint density at radius 1 is 0.727 bits per heavy atom. The molecule has 0 aromatic heterocycles. The molecular weight excluding hydrogens is 418 g/mol. The monoisotopic (exact) mass is 445 g/mol. The van der Waals surface area contributed by atoms with E-state index < -0.39 is 5.91 Å². The predicted molar refractivity (Wildman–Crippen MR) is 126 cm³/mol. The first-order valence-corrected chi connectivity index (χ1v) is 10.6. The molecule has 0 radical (unpaired) electrons. The first-order valence-electron chi connectivity index (χ1n) is 10.6. The molecule has 3 aromatic carbocycles. The Hall–Kier alpha value is -4.13. The zero-order valence-corrected chi connectivity index (χ0v) is 18.9. The van der Waals surface area contributed by atoms with Crippen LogP contribution in [0.3, 0.4) is 0 Å². The highest BCUT2D eigenvalue weighted by Gasteiger charge is 2.15. The Bertz CT molecular complexity index is 1120. The second-order valence-electron chi connectivity index (χ2n) is 7.73. The standard InChI is InChI=1S/C26H27N3O4/c1-4-29(17-18-5-7-20(8-6-18)25(31)28(2)3)26(32)21-11-15-23(16-12-21)33-22-13-9-19(10-14-22)24(27)30/h5-16H,4,17H2,1-3H3,(H2,27,30). The summed E-state index contributed by atoms with van der Waals surface area (Å²) in [5, 5.41) is 0. The quantitative estimate of drug-likeness (QED) is 0.568. The molecule has 7 heteroatoms. The molecule has 0 saturated heterocycles. The van der Waals surface area contributed by atoms with E-state index in [4.69, 9.17) is 10.5 Å². The lowest BCUT2D eigenvalue weighted by Gasteiger charge is -2.21. The maximum absolute atomic E-state index is 13.0. The van der Waals surface area contributed by atoms with Crippen LogP contribution in [-0.2, 0) is 6.54 Å². The van der Waals surface area contributed by atoms with Gasteiger partial charge in [-0.2, -0.15) is 0 Å². The highest BCUT2D eigenvalue weighted by atomic mass is 16.5. The average Bonchev–Trinajstić information content (AvgIpc) is 2.82. The number of benzene rings is 3. The molecule has 2 N–H and O–H groups in total. The van der Waals surface area contributed by atoms with Crippen molar-refractivity contribution >= 4 is 17.7 Å². The van der Waals surface area contributed by atoms with Crippen molar-refractivity contribution in [1.29, 1.82) is 0 Å². The van der Waals surface area contributed by atoms with Crippen LogP contribution in [0.5, 0.6) is 11.5 Å². The highest BCUT2D eigenvalue weighted by Crippen LogP contribution is 2.23. The van der Waals surface area contributed by atoms with Crippen molar-refractivity contribution in [2.24, 2.45) is 5.73 Å². The molecular formula is C26H27N3O4. The van der Waals surface area contributed by atoms with Gasteiger partial charge in [-0.15, -0.1) is 0 Å². The molecule has 0 aliphatic rings. The second kappa shape index (κ2) is 10.5. The van der Waals surface area contributed by atoms with Crippen molar-refractivity contribution in [1.82, 2.24) is 9.80 Å². The molecule has 0 heterocycles. The number of nitrogens with zero attached hydrogens (tertiary/aromatic N) is 2. The third kappa shape index (κ3) is 5.98. The average molecular weight is 446 g/mol. The SMILES string of the molecule is CCN(Cc1ccc(C(=O)N(C)C)cc1)C(=O)c1ccc(Oc2ccc(C(N)=O)cc2)cc1. The van der Waals surface area contributed by atoms with Crippen molar-refractivity contribution in [3.8, 4) is 11.5 Å². The molecule has 0 unspecified atom stereocenters. The zero-order chi connectivity index (χ0) is 24.0. The summed E-state index contributed by atoms with van der Waals surface area (Å²) in [6.45, 7) is 2.91. The number of amides is 3. The number of rotatable bonds is 8. The van der Waals surface area contributed by atoms with Crippen LogP contribution >= 0.6 is 0 Å². The Morgan fingerprint density at radius 2 is 1.18 bits per heavy atom. The summed E-state index contributed by atoms with van der Waals surface area (Å²) < 4.78 is 5.77. The fourth-order valence-corrected chi connectivity index (χ4v) is 3.23. The maximum Gasteiger partial charge on any atom is 0.254 e. The number of hydrogen-bond acceptors (Lipinski definition) is 4. The largest absolute Gasteiger partial charge is 0.457 e. The minimum atomic E-state index is -0.497. The molecule has 0 aliphatic carbocycles. The first kappa shape index (κ1) is 23.5. The third-order valence-corrected chi connectivity index (χ3v) is 5.13. The summed E-state index contributed by atoms with van der Waals surface area (Å²) in [5.41, 5.74) is 7.75. The van der Waals surface area contributed by atoms with Crippen LogP contribution in [0.1, 0.15) is 43.6 Å². The summed E-state index contributed by atoms with van der Waals surface area (Å²) in [6, 6.07) is 20.7. The smallest absolute Gasteiger partial charge is 0.254 e. The number of nitrogens with two attached hydrogens (primary N) is 1. The van der Waals surface area contributed by atoms with E-state index in [-0.39, 0.29) is 11.8 Å². The summed E-state index contributed by atoms with van der Waals surface area (Å²) in [7, 11) is 3.42. The Morgan fingerprint density at radius 3 is 1.64 bits per heavy atom. The van der Waals surface area contributed by atoms with E-state index in [0.717, 1.165) is 5.56 Å². The van der Waals surface area contributed by atoms with E-state index >= 15 is 0 Å². The maximum atomic E-state index is 13.0. The number of hydrogen-bond donors (Lipinski definition) is 1. The van der Waals surface area contributed by atoms with Crippen LogP contribution in [-0.4, -0.2) is 48.2 Å². The molecule has 0 spiro atoms. The number of ether oxygens (including phenoxy) is 1. The summed E-state index contributed by atoms with van der Waals surface area (Å²) >= 11 is 0. The summed E-state index contributed by atoms with van der Waals surface area (Å²) in [6.07, 6.45) is 0. The van der Waals surface area contributed by atoms with Crippen LogP contribution in [0, 0.1) is 0 Å².